The van der Waals surface area contributed by atoms with E-state index in [2.05, 4.69) is 55.6 Å². The van der Waals surface area contributed by atoms with Crippen molar-refractivity contribution in [2.45, 2.75) is 122 Å². The number of aliphatic hydroxyl groups excluding tert-OH is 2. The van der Waals surface area contributed by atoms with E-state index in [0.717, 1.165) is 64.2 Å². The molecule has 2 unspecified atom stereocenters. The second kappa shape index (κ2) is 25.0. The van der Waals surface area contributed by atoms with Crippen LogP contribution in [0, 0.1) is 0 Å². The molecule has 33 heavy (non-hydrogen) atoms. The molecular weight excluding hydrogens is 410 g/mol. The minimum absolute atomic E-state index is 0.0888. The van der Waals surface area contributed by atoms with Crippen LogP contribution in [-0.2, 0) is 4.79 Å². The van der Waals surface area contributed by atoms with Crippen molar-refractivity contribution in [2.75, 3.05) is 6.61 Å². The lowest BCUT2D eigenvalue weighted by atomic mass is 10.1. The molecule has 0 bridgehead atoms. The highest BCUT2D eigenvalue weighted by Crippen LogP contribution is 2.10. The zero-order chi connectivity index (χ0) is 24.4. The molecule has 4 nitrogen and oxygen atoms in total. The Labute approximate surface area is 203 Å². The molecule has 0 saturated carbocycles. The fraction of sp³-hybridized carbons (Fsp3) is 0.690. The van der Waals surface area contributed by atoms with E-state index in [1.807, 2.05) is 6.08 Å². The second-order valence-corrected chi connectivity index (χ2v) is 8.72. The third-order valence-electron chi connectivity index (χ3n) is 5.57. The van der Waals surface area contributed by atoms with Crippen molar-refractivity contribution in [3.63, 3.8) is 0 Å². The Morgan fingerprint density at radius 3 is 1.97 bits per heavy atom. The Bertz CT molecular complexity index is 551. The number of hydrogen-bond acceptors (Lipinski definition) is 3. The summed E-state index contributed by atoms with van der Waals surface area (Å²) >= 11 is 0. The number of carbonyl (C=O) groups excluding carboxylic acids is 1. The molecule has 0 heterocycles. The predicted molar refractivity (Wildman–Crippen MR) is 142 cm³/mol. The summed E-state index contributed by atoms with van der Waals surface area (Å²) in [6, 6.07) is -0.622. The maximum absolute atomic E-state index is 12.1. The van der Waals surface area contributed by atoms with Gasteiger partial charge in [-0.3, -0.25) is 4.79 Å². The second-order valence-electron chi connectivity index (χ2n) is 8.72. The van der Waals surface area contributed by atoms with E-state index >= 15 is 0 Å². The molecule has 190 valence electrons. The smallest absolute Gasteiger partial charge is 0.220 e. The van der Waals surface area contributed by atoms with E-state index in [1.54, 1.807) is 6.08 Å². The molecule has 0 radical (unpaired) electrons. The van der Waals surface area contributed by atoms with Gasteiger partial charge in [0.25, 0.3) is 0 Å². The first-order valence-corrected chi connectivity index (χ1v) is 13.4. The summed E-state index contributed by atoms with van der Waals surface area (Å²) < 4.78 is 0. The minimum atomic E-state index is -0.838. The van der Waals surface area contributed by atoms with Crippen LogP contribution in [0.2, 0.25) is 0 Å². The van der Waals surface area contributed by atoms with Gasteiger partial charge in [-0.2, -0.15) is 0 Å². The number of allylic oxidation sites excluding steroid dienone is 7. The van der Waals surface area contributed by atoms with Crippen molar-refractivity contribution >= 4 is 5.91 Å². The number of aliphatic hydroxyl groups is 2. The van der Waals surface area contributed by atoms with E-state index in [1.165, 1.54) is 25.7 Å². The fourth-order valence-electron chi connectivity index (χ4n) is 3.47. The van der Waals surface area contributed by atoms with Gasteiger partial charge in [-0.25, -0.2) is 0 Å². The topological polar surface area (TPSA) is 69.6 Å². The molecule has 0 aromatic carbocycles. The lowest BCUT2D eigenvalue weighted by Gasteiger charge is -2.19. The molecule has 2 atom stereocenters. The first-order chi connectivity index (χ1) is 16.2. The van der Waals surface area contributed by atoms with Gasteiger partial charge in [0.05, 0.1) is 18.8 Å². The SMILES string of the molecule is CC/C=C\C/C=C\C/C=C\CCCCCCCCCC(=O)NC(CO)C(O)/C=C/CCCC. The Kier molecular flexibility index (Phi) is 23.7. The molecule has 0 aliphatic carbocycles. The number of rotatable bonds is 22. The lowest BCUT2D eigenvalue weighted by molar-refractivity contribution is -0.123. The van der Waals surface area contributed by atoms with Crippen molar-refractivity contribution in [3.05, 3.63) is 48.6 Å². The number of unbranched alkanes of at least 4 members (excludes halogenated alkanes) is 9. The van der Waals surface area contributed by atoms with Crippen molar-refractivity contribution in [1.82, 2.24) is 5.32 Å². The lowest BCUT2D eigenvalue weighted by Crippen LogP contribution is -2.45. The average molecular weight is 462 g/mol. The van der Waals surface area contributed by atoms with Crippen LogP contribution in [0.4, 0.5) is 0 Å². The maximum Gasteiger partial charge on any atom is 0.220 e. The van der Waals surface area contributed by atoms with Crippen LogP contribution in [0.5, 0.6) is 0 Å². The van der Waals surface area contributed by atoms with Crippen molar-refractivity contribution in [1.29, 1.82) is 0 Å². The molecule has 4 heteroatoms. The van der Waals surface area contributed by atoms with Gasteiger partial charge in [-0.05, 0) is 44.9 Å². The van der Waals surface area contributed by atoms with Crippen LogP contribution in [0.15, 0.2) is 48.6 Å². The van der Waals surface area contributed by atoms with Gasteiger partial charge in [-0.15, -0.1) is 0 Å². The highest BCUT2D eigenvalue weighted by atomic mass is 16.3. The van der Waals surface area contributed by atoms with E-state index < -0.39 is 12.1 Å². The summed E-state index contributed by atoms with van der Waals surface area (Å²) in [6.07, 6.45) is 32.1. The van der Waals surface area contributed by atoms with E-state index in [4.69, 9.17) is 0 Å². The van der Waals surface area contributed by atoms with E-state index in [-0.39, 0.29) is 12.5 Å². The third kappa shape index (κ3) is 21.9. The highest BCUT2D eigenvalue weighted by molar-refractivity contribution is 5.76. The molecule has 0 rings (SSSR count). The van der Waals surface area contributed by atoms with Crippen molar-refractivity contribution < 1.29 is 15.0 Å². The Morgan fingerprint density at radius 2 is 1.33 bits per heavy atom. The summed E-state index contributed by atoms with van der Waals surface area (Å²) in [7, 11) is 0. The van der Waals surface area contributed by atoms with Gasteiger partial charge in [0, 0.05) is 6.42 Å². The molecular formula is C29H51NO3. The Balaban J connectivity index is 3.62. The van der Waals surface area contributed by atoms with E-state index in [9.17, 15) is 15.0 Å². The average Bonchev–Trinajstić information content (AvgIpc) is 2.82. The third-order valence-corrected chi connectivity index (χ3v) is 5.57. The normalized spacial score (nSPS) is 14.2. The van der Waals surface area contributed by atoms with Crippen molar-refractivity contribution in [2.24, 2.45) is 0 Å². The van der Waals surface area contributed by atoms with Crippen molar-refractivity contribution in [3.8, 4) is 0 Å². The largest absolute Gasteiger partial charge is 0.394 e. The van der Waals surface area contributed by atoms with Gasteiger partial charge < -0.3 is 15.5 Å². The van der Waals surface area contributed by atoms with Gasteiger partial charge in [-0.1, -0.05) is 107 Å². The first-order valence-electron chi connectivity index (χ1n) is 13.4. The van der Waals surface area contributed by atoms with Gasteiger partial charge >= 0.3 is 0 Å². The molecule has 3 N–H and O–H groups in total. The number of amides is 1. The monoisotopic (exact) mass is 461 g/mol. The molecule has 0 saturated heterocycles. The van der Waals surface area contributed by atoms with Crippen LogP contribution in [0.3, 0.4) is 0 Å². The molecule has 0 fully saturated rings. The molecule has 0 aromatic heterocycles. The summed E-state index contributed by atoms with van der Waals surface area (Å²) in [5.74, 6) is -0.0888. The molecule has 0 spiro atoms. The van der Waals surface area contributed by atoms with Gasteiger partial charge in [0.2, 0.25) is 5.91 Å². The number of hydrogen-bond donors (Lipinski definition) is 3. The Hall–Kier alpha value is -1.65. The van der Waals surface area contributed by atoms with Crippen LogP contribution in [0.25, 0.3) is 0 Å². The first kappa shape index (κ1) is 31.4. The van der Waals surface area contributed by atoms with Gasteiger partial charge in [0.15, 0.2) is 0 Å². The quantitative estimate of drug-likeness (QED) is 0.121. The highest BCUT2D eigenvalue weighted by Gasteiger charge is 2.17. The van der Waals surface area contributed by atoms with Crippen LogP contribution in [-0.4, -0.2) is 34.9 Å². The Morgan fingerprint density at radius 1 is 0.758 bits per heavy atom. The summed E-state index contributed by atoms with van der Waals surface area (Å²) in [5, 5.41) is 22.3. The zero-order valence-corrected chi connectivity index (χ0v) is 21.4. The number of nitrogens with one attached hydrogen (secondary N) is 1. The fourth-order valence-corrected chi connectivity index (χ4v) is 3.47. The minimum Gasteiger partial charge on any atom is -0.394 e. The standard InChI is InChI=1S/C29H51NO3/c1-3-5-7-9-10-11-12-13-14-15-16-17-18-19-20-21-23-25-29(33)30-27(26-31)28(32)24-22-8-6-4-2/h5,7,10-11,13-14,22,24,27-28,31-32H,3-4,6,8-9,12,15-21,23,25-26H2,1-2H3,(H,30,33)/b7-5-,11-10-,14-13-,24-22+. The van der Waals surface area contributed by atoms with Crippen LogP contribution in [0.1, 0.15) is 110 Å². The molecule has 0 aliphatic heterocycles. The molecule has 0 aliphatic rings. The molecule has 0 aromatic rings. The van der Waals surface area contributed by atoms with Gasteiger partial charge in [0.1, 0.15) is 0 Å². The molecule has 1 amide bonds. The van der Waals surface area contributed by atoms with Crippen LogP contribution >= 0.6 is 0 Å². The summed E-state index contributed by atoms with van der Waals surface area (Å²) in [6.45, 7) is 4.02. The summed E-state index contributed by atoms with van der Waals surface area (Å²) in [5.41, 5.74) is 0. The predicted octanol–water partition coefficient (Wildman–Crippen LogP) is 6.94. The number of carbonyl (C=O) groups is 1. The summed E-state index contributed by atoms with van der Waals surface area (Å²) in [4.78, 5) is 12.1. The maximum atomic E-state index is 12.1. The zero-order valence-electron chi connectivity index (χ0n) is 21.4. The van der Waals surface area contributed by atoms with E-state index in [0.29, 0.717) is 6.42 Å². The van der Waals surface area contributed by atoms with Crippen LogP contribution < -0.4 is 5.32 Å².